The Balaban J connectivity index is 2.35. The van der Waals surface area contributed by atoms with Crippen LogP contribution in [0.3, 0.4) is 0 Å². The van der Waals surface area contributed by atoms with E-state index in [1.807, 2.05) is 0 Å². The lowest BCUT2D eigenvalue weighted by Crippen LogP contribution is -2.16. The molecule has 1 unspecified atom stereocenters. The van der Waals surface area contributed by atoms with Crippen LogP contribution >= 0.6 is 0 Å². The first-order valence-corrected chi connectivity index (χ1v) is 5.96. The van der Waals surface area contributed by atoms with E-state index in [9.17, 15) is 14.3 Å². The molecule has 3 nitrogen and oxygen atoms in total. The highest BCUT2D eigenvalue weighted by atomic mass is 19.1. The van der Waals surface area contributed by atoms with Crippen molar-refractivity contribution in [3.8, 4) is 0 Å². The second-order valence-electron chi connectivity index (χ2n) is 4.42. The summed E-state index contributed by atoms with van der Waals surface area (Å²) in [5.41, 5.74) is 1.88. The van der Waals surface area contributed by atoms with Crippen LogP contribution in [0.5, 0.6) is 0 Å². The van der Waals surface area contributed by atoms with Crippen LogP contribution in [0, 0.1) is 12.7 Å². The van der Waals surface area contributed by atoms with E-state index in [1.165, 1.54) is 6.07 Å². The number of aliphatic carboxylic acids is 1. The largest absolute Gasteiger partial charge is 0.481 e. The summed E-state index contributed by atoms with van der Waals surface area (Å²) in [6.07, 6.45) is 3.30. The molecule has 0 saturated carbocycles. The Hall–Kier alpha value is -2.23. The van der Waals surface area contributed by atoms with Gasteiger partial charge in [0.1, 0.15) is 5.82 Å². The molecule has 1 aromatic heterocycles. The van der Waals surface area contributed by atoms with Crippen molar-refractivity contribution in [2.75, 3.05) is 0 Å². The Labute approximate surface area is 110 Å². The average Bonchev–Trinajstić information content (AvgIpc) is 2.38. The third-order valence-corrected chi connectivity index (χ3v) is 3.12. The molecule has 2 aromatic rings. The van der Waals surface area contributed by atoms with Crippen LogP contribution < -0.4 is 0 Å². The fourth-order valence-electron chi connectivity index (χ4n) is 2.09. The molecular formula is C15H14FNO2. The molecule has 0 aliphatic carbocycles. The molecule has 0 aliphatic heterocycles. The van der Waals surface area contributed by atoms with Gasteiger partial charge in [-0.2, -0.15) is 0 Å². The highest BCUT2D eigenvalue weighted by Gasteiger charge is 2.23. The van der Waals surface area contributed by atoms with Gasteiger partial charge >= 0.3 is 5.97 Å². The Morgan fingerprint density at radius 3 is 2.74 bits per heavy atom. The maximum atomic E-state index is 13.6. The molecule has 2 rings (SSSR count). The summed E-state index contributed by atoms with van der Waals surface area (Å²) >= 11 is 0. The molecule has 0 fully saturated rings. The molecule has 0 aliphatic rings. The highest BCUT2D eigenvalue weighted by molar-refractivity contribution is 5.77. The zero-order chi connectivity index (χ0) is 13.8. The van der Waals surface area contributed by atoms with Crippen molar-refractivity contribution in [3.05, 3.63) is 65.2 Å². The molecule has 1 heterocycles. The number of benzene rings is 1. The molecule has 0 spiro atoms. The monoisotopic (exact) mass is 259 g/mol. The van der Waals surface area contributed by atoms with Gasteiger partial charge in [-0.05, 0) is 42.2 Å². The van der Waals surface area contributed by atoms with E-state index >= 15 is 0 Å². The molecule has 0 saturated heterocycles. The molecule has 4 heteroatoms. The van der Waals surface area contributed by atoms with Gasteiger partial charge in [0.2, 0.25) is 0 Å². The van der Waals surface area contributed by atoms with Gasteiger partial charge in [-0.3, -0.25) is 9.78 Å². The Bertz CT molecular complexity index is 598. The first-order chi connectivity index (χ1) is 9.09. The Kier molecular flexibility index (Phi) is 3.90. The van der Waals surface area contributed by atoms with E-state index in [0.717, 1.165) is 5.56 Å². The van der Waals surface area contributed by atoms with Crippen molar-refractivity contribution in [2.24, 2.45) is 0 Å². The molecule has 0 radical (unpaired) electrons. The predicted octanol–water partition coefficient (Wildman–Crippen LogP) is 2.94. The zero-order valence-electron chi connectivity index (χ0n) is 10.5. The Morgan fingerprint density at radius 1 is 1.37 bits per heavy atom. The van der Waals surface area contributed by atoms with Crippen LogP contribution in [-0.2, 0) is 11.2 Å². The topological polar surface area (TPSA) is 50.2 Å². The van der Waals surface area contributed by atoms with Crippen LogP contribution in [-0.4, -0.2) is 16.1 Å². The molecule has 0 amide bonds. The summed E-state index contributed by atoms with van der Waals surface area (Å²) < 4.78 is 13.6. The third-order valence-electron chi connectivity index (χ3n) is 3.12. The molecule has 1 aromatic carbocycles. The first-order valence-electron chi connectivity index (χ1n) is 5.96. The predicted molar refractivity (Wildman–Crippen MR) is 69.5 cm³/mol. The number of nitrogens with zero attached hydrogens (tertiary/aromatic N) is 1. The average molecular weight is 259 g/mol. The number of halogens is 1. The number of rotatable bonds is 4. The van der Waals surface area contributed by atoms with Gasteiger partial charge in [-0.15, -0.1) is 0 Å². The van der Waals surface area contributed by atoms with E-state index in [0.29, 0.717) is 11.1 Å². The van der Waals surface area contributed by atoms with Gasteiger partial charge in [0, 0.05) is 12.4 Å². The van der Waals surface area contributed by atoms with E-state index in [4.69, 9.17) is 0 Å². The zero-order valence-corrected chi connectivity index (χ0v) is 10.5. The number of carbonyl (C=O) groups is 1. The van der Waals surface area contributed by atoms with Crippen molar-refractivity contribution < 1.29 is 14.3 Å². The lowest BCUT2D eigenvalue weighted by Gasteiger charge is -2.15. The van der Waals surface area contributed by atoms with Crippen molar-refractivity contribution >= 4 is 5.97 Å². The summed E-state index contributed by atoms with van der Waals surface area (Å²) in [4.78, 5) is 15.4. The summed E-state index contributed by atoms with van der Waals surface area (Å²) in [6, 6.07) is 7.92. The quantitative estimate of drug-likeness (QED) is 0.918. The van der Waals surface area contributed by atoms with E-state index < -0.39 is 11.9 Å². The molecule has 0 bridgehead atoms. The maximum absolute atomic E-state index is 13.6. The van der Waals surface area contributed by atoms with Gasteiger partial charge in [0.05, 0.1) is 5.92 Å². The van der Waals surface area contributed by atoms with Crippen molar-refractivity contribution in [1.82, 2.24) is 4.98 Å². The van der Waals surface area contributed by atoms with Gasteiger partial charge in [0.15, 0.2) is 0 Å². The number of hydrogen-bond donors (Lipinski definition) is 1. The maximum Gasteiger partial charge on any atom is 0.311 e. The van der Waals surface area contributed by atoms with Crippen LogP contribution in [0.15, 0.2) is 42.7 Å². The lowest BCUT2D eigenvalue weighted by atomic mass is 9.90. The Morgan fingerprint density at radius 2 is 2.11 bits per heavy atom. The molecule has 1 atom stereocenters. The minimum atomic E-state index is -0.961. The van der Waals surface area contributed by atoms with Crippen LogP contribution in [0.2, 0.25) is 0 Å². The van der Waals surface area contributed by atoms with E-state index in [2.05, 4.69) is 4.98 Å². The number of pyridine rings is 1. The molecule has 1 N–H and O–H groups in total. The van der Waals surface area contributed by atoms with Crippen LogP contribution in [0.4, 0.5) is 4.39 Å². The van der Waals surface area contributed by atoms with Crippen LogP contribution in [0.1, 0.15) is 22.6 Å². The van der Waals surface area contributed by atoms with Gasteiger partial charge in [0.25, 0.3) is 0 Å². The van der Waals surface area contributed by atoms with E-state index in [1.54, 1.807) is 43.6 Å². The number of hydrogen-bond acceptors (Lipinski definition) is 2. The van der Waals surface area contributed by atoms with Crippen molar-refractivity contribution in [1.29, 1.82) is 0 Å². The van der Waals surface area contributed by atoms with Crippen LogP contribution in [0.25, 0.3) is 0 Å². The van der Waals surface area contributed by atoms with Crippen molar-refractivity contribution in [2.45, 2.75) is 19.3 Å². The molecular weight excluding hydrogens is 245 g/mol. The lowest BCUT2D eigenvalue weighted by molar-refractivity contribution is -0.138. The van der Waals surface area contributed by atoms with Gasteiger partial charge in [-0.1, -0.05) is 18.2 Å². The standard InChI is InChI=1S/C15H14FNO2/c1-10-9-17-7-6-12(10)13(15(18)19)8-11-4-2-3-5-14(11)16/h2-7,9,13H,8H2,1H3,(H,18,19). The molecule has 98 valence electrons. The first kappa shape index (κ1) is 13.2. The fraction of sp³-hybridized carbons (Fsp3) is 0.200. The fourth-order valence-corrected chi connectivity index (χ4v) is 2.09. The normalized spacial score (nSPS) is 12.1. The second-order valence-corrected chi connectivity index (χ2v) is 4.42. The summed E-state index contributed by atoms with van der Waals surface area (Å²) in [5, 5.41) is 9.36. The minimum Gasteiger partial charge on any atom is -0.481 e. The number of carboxylic acids is 1. The minimum absolute atomic E-state index is 0.132. The van der Waals surface area contributed by atoms with Gasteiger partial charge in [-0.25, -0.2) is 4.39 Å². The SMILES string of the molecule is Cc1cnccc1C(Cc1ccccc1F)C(=O)O. The van der Waals surface area contributed by atoms with Crippen molar-refractivity contribution in [3.63, 3.8) is 0 Å². The third kappa shape index (κ3) is 2.96. The molecule has 19 heavy (non-hydrogen) atoms. The number of aryl methyl sites for hydroxylation is 1. The highest BCUT2D eigenvalue weighted by Crippen LogP contribution is 2.24. The summed E-state index contributed by atoms with van der Waals surface area (Å²) in [6.45, 7) is 1.81. The number of carboxylic acid groups (broad SMARTS) is 1. The number of aromatic nitrogens is 1. The summed E-state index contributed by atoms with van der Waals surface area (Å²) in [7, 11) is 0. The second kappa shape index (κ2) is 5.61. The summed E-state index contributed by atoms with van der Waals surface area (Å²) in [5.74, 6) is -2.10. The van der Waals surface area contributed by atoms with Gasteiger partial charge < -0.3 is 5.11 Å². The smallest absolute Gasteiger partial charge is 0.311 e. The van der Waals surface area contributed by atoms with E-state index in [-0.39, 0.29) is 12.2 Å².